The van der Waals surface area contributed by atoms with Crippen LogP contribution in [0.15, 0.2) is 0 Å². The second-order valence-electron chi connectivity index (χ2n) is 4.57. The third-order valence-corrected chi connectivity index (χ3v) is 3.67. The molecule has 2 fully saturated rings. The molecule has 4 heteroatoms. The zero-order valence-corrected chi connectivity index (χ0v) is 9.30. The summed E-state index contributed by atoms with van der Waals surface area (Å²) in [5, 5.41) is 5.77. The maximum absolute atomic E-state index is 11.9. The Labute approximate surface area is 89.8 Å². The maximum Gasteiger partial charge on any atom is 0.246 e. The molecule has 1 unspecified atom stereocenters. The van der Waals surface area contributed by atoms with Crippen molar-refractivity contribution in [3.8, 4) is 0 Å². The zero-order valence-electron chi connectivity index (χ0n) is 9.30. The molecule has 1 atom stereocenters. The van der Waals surface area contributed by atoms with Crippen molar-refractivity contribution in [1.82, 2.24) is 10.6 Å². The molecule has 2 aliphatic rings. The molecule has 0 bridgehead atoms. The molecule has 0 radical (unpaired) electrons. The summed E-state index contributed by atoms with van der Waals surface area (Å²) in [6.07, 6.45) is 3.42. The summed E-state index contributed by atoms with van der Waals surface area (Å²) in [5.74, 6) is 0.366. The van der Waals surface area contributed by atoms with Crippen molar-refractivity contribution in [3.63, 3.8) is 0 Å². The maximum atomic E-state index is 11.9. The molecule has 0 aromatic heterocycles. The number of amides is 2. The number of carbonyl (C=O) groups is 2. The number of hydrogen-bond donors (Lipinski definition) is 2. The highest BCUT2D eigenvalue weighted by molar-refractivity contribution is 6.00. The molecule has 0 spiro atoms. The van der Waals surface area contributed by atoms with E-state index in [1.54, 1.807) is 0 Å². The highest BCUT2D eigenvalue weighted by atomic mass is 16.2. The molecular formula is C11H18N2O2. The minimum Gasteiger partial charge on any atom is -0.342 e. The molecule has 15 heavy (non-hydrogen) atoms. The van der Waals surface area contributed by atoms with Gasteiger partial charge in [-0.2, -0.15) is 0 Å². The van der Waals surface area contributed by atoms with Crippen LogP contribution in [0.25, 0.3) is 0 Å². The molecule has 1 aliphatic heterocycles. The molecule has 1 saturated heterocycles. The van der Waals surface area contributed by atoms with Crippen molar-refractivity contribution in [2.24, 2.45) is 5.92 Å². The van der Waals surface area contributed by atoms with Crippen molar-refractivity contribution in [2.45, 2.75) is 51.1 Å². The number of piperazine rings is 1. The Morgan fingerprint density at radius 1 is 1.27 bits per heavy atom. The largest absolute Gasteiger partial charge is 0.342 e. The Hall–Kier alpha value is -1.06. The third-order valence-electron chi connectivity index (χ3n) is 3.67. The van der Waals surface area contributed by atoms with Gasteiger partial charge in [0.15, 0.2) is 0 Å². The molecule has 4 nitrogen and oxygen atoms in total. The van der Waals surface area contributed by atoms with Crippen molar-refractivity contribution >= 4 is 11.8 Å². The Morgan fingerprint density at radius 2 is 1.87 bits per heavy atom. The lowest BCUT2D eigenvalue weighted by Crippen LogP contribution is -2.69. The second-order valence-corrected chi connectivity index (χ2v) is 4.57. The third kappa shape index (κ3) is 1.62. The van der Waals surface area contributed by atoms with Gasteiger partial charge in [-0.25, -0.2) is 0 Å². The van der Waals surface area contributed by atoms with E-state index in [4.69, 9.17) is 0 Å². The second kappa shape index (κ2) is 3.51. The smallest absolute Gasteiger partial charge is 0.246 e. The van der Waals surface area contributed by atoms with E-state index in [9.17, 15) is 9.59 Å². The molecule has 0 aromatic carbocycles. The lowest BCUT2D eigenvalue weighted by molar-refractivity contribution is -0.142. The molecular weight excluding hydrogens is 192 g/mol. The summed E-state index contributed by atoms with van der Waals surface area (Å²) in [6.45, 7) is 3.86. The van der Waals surface area contributed by atoms with E-state index in [-0.39, 0.29) is 17.9 Å². The summed E-state index contributed by atoms with van der Waals surface area (Å²) in [4.78, 5) is 23.8. The fourth-order valence-corrected chi connectivity index (χ4v) is 2.22. The van der Waals surface area contributed by atoms with Gasteiger partial charge in [-0.1, -0.05) is 13.8 Å². The van der Waals surface area contributed by atoms with Crippen molar-refractivity contribution in [2.75, 3.05) is 0 Å². The summed E-state index contributed by atoms with van der Waals surface area (Å²) >= 11 is 0. The lowest BCUT2D eigenvalue weighted by atomic mass is 9.88. The fourth-order valence-electron chi connectivity index (χ4n) is 2.22. The summed E-state index contributed by atoms with van der Waals surface area (Å²) in [6, 6.07) is -0.274. The van der Waals surface area contributed by atoms with Crippen molar-refractivity contribution in [3.05, 3.63) is 0 Å². The number of hydrogen-bond acceptors (Lipinski definition) is 2. The Kier molecular flexibility index (Phi) is 2.44. The van der Waals surface area contributed by atoms with Gasteiger partial charge in [-0.3, -0.25) is 9.59 Å². The predicted octanol–water partition coefficient (Wildman–Crippen LogP) is 0.570. The van der Waals surface area contributed by atoms with Gasteiger partial charge in [-0.05, 0) is 31.6 Å². The molecule has 2 rings (SSSR count). The van der Waals surface area contributed by atoms with Crippen LogP contribution in [0.3, 0.4) is 0 Å². The summed E-state index contributed by atoms with van der Waals surface area (Å²) in [7, 11) is 0. The molecule has 1 aliphatic carbocycles. The standard InChI is InChI=1S/C11H18N2O2/c1-3-11(4-2)10(15)12-8(7-5-6-7)9(14)13-11/h7-8H,3-6H2,1-2H3,(H,12,15)(H,13,14). The van der Waals surface area contributed by atoms with Crippen LogP contribution in [0.1, 0.15) is 39.5 Å². The normalized spacial score (nSPS) is 29.6. The van der Waals surface area contributed by atoms with E-state index in [2.05, 4.69) is 10.6 Å². The summed E-state index contributed by atoms with van der Waals surface area (Å²) in [5.41, 5.74) is -0.664. The fraction of sp³-hybridized carbons (Fsp3) is 0.818. The Morgan fingerprint density at radius 3 is 2.33 bits per heavy atom. The van der Waals surface area contributed by atoms with Gasteiger partial charge in [0, 0.05) is 0 Å². The van der Waals surface area contributed by atoms with Gasteiger partial charge < -0.3 is 10.6 Å². The van der Waals surface area contributed by atoms with Gasteiger partial charge in [0.1, 0.15) is 11.6 Å². The first-order valence-corrected chi connectivity index (χ1v) is 5.76. The van der Waals surface area contributed by atoms with E-state index in [1.807, 2.05) is 13.8 Å². The minimum atomic E-state index is -0.664. The van der Waals surface area contributed by atoms with Gasteiger partial charge in [0.25, 0.3) is 0 Å². The van der Waals surface area contributed by atoms with E-state index >= 15 is 0 Å². The van der Waals surface area contributed by atoms with Crippen LogP contribution in [0.5, 0.6) is 0 Å². The first-order valence-electron chi connectivity index (χ1n) is 5.76. The van der Waals surface area contributed by atoms with Crippen molar-refractivity contribution in [1.29, 1.82) is 0 Å². The van der Waals surface area contributed by atoms with E-state index in [1.165, 1.54) is 0 Å². The van der Waals surface area contributed by atoms with Gasteiger partial charge in [0.05, 0.1) is 0 Å². The van der Waals surface area contributed by atoms with E-state index < -0.39 is 5.54 Å². The molecule has 1 saturated carbocycles. The SMILES string of the molecule is CCC1(CC)NC(=O)C(C2CC2)NC1=O. The van der Waals surface area contributed by atoms with Crippen LogP contribution in [-0.4, -0.2) is 23.4 Å². The van der Waals surface area contributed by atoms with Crippen molar-refractivity contribution < 1.29 is 9.59 Å². The topological polar surface area (TPSA) is 58.2 Å². The van der Waals surface area contributed by atoms with Gasteiger partial charge in [-0.15, -0.1) is 0 Å². The Balaban J connectivity index is 2.14. The van der Waals surface area contributed by atoms with Crippen LogP contribution < -0.4 is 10.6 Å². The zero-order chi connectivity index (χ0) is 11.1. The average molecular weight is 210 g/mol. The van der Waals surface area contributed by atoms with Crippen LogP contribution in [0.4, 0.5) is 0 Å². The molecule has 2 N–H and O–H groups in total. The van der Waals surface area contributed by atoms with Gasteiger partial charge in [0.2, 0.25) is 11.8 Å². The average Bonchev–Trinajstić information content (AvgIpc) is 3.05. The monoisotopic (exact) mass is 210 g/mol. The highest BCUT2D eigenvalue weighted by Gasteiger charge is 2.48. The quantitative estimate of drug-likeness (QED) is 0.715. The van der Waals surface area contributed by atoms with E-state index in [0.717, 1.165) is 12.8 Å². The molecule has 84 valence electrons. The van der Waals surface area contributed by atoms with Crippen LogP contribution >= 0.6 is 0 Å². The number of nitrogens with one attached hydrogen (secondary N) is 2. The molecule has 1 heterocycles. The van der Waals surface area contributed by atoms with Gasteiger partial charge >= 0.3 is 0 Å². The lowest BCUT2D eigenvalue weighted by Gasteiger charge is -2.39. The van der Waals surface area contributed by atoms with Crippen LogP contribution in [-0.2, 0) is 9.59 Å². The van der Waals surface area contributed by atoms with Crippen LogP contribution in [0, 0.1) is 5.92 Å². The van der Waals surface area contributed by atoms with Crippen LogP contribution in [0.2, 0.25) is 0 Å². The Bertz CT molecular complexity index is 293. The first-order chi connectivity index (χ1) is 7.13. The minimum absolute atomic E-state index is 0.000741. The molecule has 0 aromatic rings. The molecule has 2 amide bonds. The number of rotatable bonds is 3. The predicted molar refractivity (Wildman–Crippen MR) is 56.1 cm³/mol. The summed E-state index contributed by atoms with van der Waals surface area (Å²) < 4.78 is 0. The van der Waals surface area contributed by atoms with E-state index in [0.29, 0.717) is 18.8 Å². The highest BCUT2D eigenvalue weighted by Crippen LogP contribution is 2.35. The first kappa shape index (κ1) is 10.5. The number of carbonyl (C=O) groups excluding carboxylic acids is 2.